The third kappa shape index (κ3) is 3.52. The maximum Gasteiger partial charge on any atom is 0.0902 e. The van der Waals surface area contributed by atoms with Gasteiger partial charge in [-0.1, -0.05) is 19.1 Å². The van der Waals surface area contributed by atoms with Gasteiger partial charge in [-0.15, -0.1) is 0 Å². The van der Waals surface area contributed by atoms with Crippen LogP contribution in [0.5, 0.6) is 0 Å². The standard InChI is InChI=1S/C10H20N2OS/c1-2-7-13-8-6-12-5-3-4-9(12)10(11)14/h9H,2-8H2,1H3,(H2,11,14). The monoisotopic (exact) mass is 216 g/mol. The van der Waals surface area contributed by atoms with E-state index in [1.807, 2.05) is 0 Å². The molecular weight excluding hydrogens is 196 g/mol. The van der Waals surface area contributed by atoms with Crippen molar-refractivity contribution in [3.05, 3.63) is 0 Å². The van der Waals surface area contributed by atoms with Crippen LogP contribution in [-0.2, 0) is 4.74 Å². The molecule has 1 saturated heterocycles. The minimum Gasteiger partial charge on any atom is -0.392 e. The summed E-state index contributed by atoms with van der Waals surface area (Å²) in [5.74, 6) is 0. The number of nitrogens with zero attached hydrogens (tertiary/aromatic N) is 1. The van der Waals surface area contributed by atoms with Crippen LogP contribution in [0.2, 0.25) is 0 Å². The van der Waals surface area contributed by atoms with Crippen molar-refractivity contribution in [2.45, 2.75) is 32.2 Å². The Morgan fingerprint density at radius 2 is 2.36 bits per heavy atom. The fourth-order valence-corrected chi connectivity index (χ4v) is 2.11. The Bertz CT molecular complexity index is 187. The third-order valence-electron chi connectivity index (χ3n) is 2.56. The topological polar surface area (TPSA) is 38.5 Å². The van der Waals surface area contributed by atoms with Crippen molar-refractivity contribution < 1.29 is 4.74 Å². The highest BCUT2D eigenvalue weighted by Gasteiger charge is 2.25. The van der Waals surface area contributed by atoms with Gasteiger partial charge < -0.3 is 10.5 Å². The minimum absolute atomic E-state index is 0.315. The fourth-order valence-electron chi connectivity index (χ4n) is 1.84. The molecule has 3 nitrogen and oxygen atoms in total. The molecule has 1 fully saturated rings. The maximum absolute atomic E-state index is 5.67. The lowest BCUT2D eigenvalue weighted by Crippen LogP contribution is -2.40. The molecule has 0 aliphatic carbocycles. The molecule has 0 radical (unpaired) electrons. The normalized spacial score (nSPS) is 22.8. The number of thiocarbonyl (C=S) groups is 1. The molecule has 0 bridgehead atoms. The Balaban J connectivity index is 2.19. The van der Waals surface area contributed by atoms with E-state index >= 15 is 0 Å². The molecule has 0 aromatic heterocycles. The summed E-state index contributed by atoms with van der Waals surface area (Å²) in [6.45, 7) is 5.84. The number of likely N-dealkylation sites (tertiary alicyclic amines) is 1. The molecule has 1 aliphatic heterocycles. The first-order chi connectivity index (χ1) is 6.75. The predicted molar refractivity (Wildman–Crippen MR) is 62.5 cm³/mol. The molecule has 82 valence electrons. The Labute approximate surface area is 91.6 Å². The van der Waals surface area contributed by atoms with Crippen molar-refractivity contribution in [1.82, 2.24) is 4.90 Å². The Morgan fingerprint density at radius 3 is 3.00 bits per heavy atom. The summed E-state index contributed by atoms with van der Waals surface area (Å²) >= 11 is 5.03. The molecule has 0 aromatic rings. The molecule has 1 unspecified atom stereocenters. The highest BCUT2D eigenvalue weighted by molar-refractivity contribution is 7.80. The Hall–Kier alpha value is -0.190. The van der Waals surface area contributed by atoms with Crippen LogP contribution in [0.1, 0.15) is 26.2 Å². The van der Waals surface area contributed by atoms with Gasteiger partial charge in [0.15, 0.2) is 0 Å². The summed E-state index contributed by atoms with van der Waals surface area (Å²) in [7, 11) is 0. The van der Waals surface area contributed by atoms with Gasteiger partial charge in [-0.3, -0.25) is 4.90 Å². The number of rotatable bonds is 6. The smallest absolute Gasteiger partial charge is 0.0902 e. The quantitative estimate of drug-likeness (QED) is 0.534. The molecule has 0 saturated carbocycles. The molecule has 0 amide bonds. The molecule has 4 heteroatoms. The number of hydrogen-bond acceptors (Lipinski definition) is 3. The Kier molecular flexibility index (Phi) is 5.37. The van der Waals surface area contributed by atoms with Crippen molar-refractivity contribution in [1.29, 1.82) is 0 Å². The van der Waals surface area contributed by atoms with E-state index < -0.39 is 0 Å². The van der Waals surface area contributed by atoms with Crippen LogP contribution < -0.4 is 5.73 Å². The van der Waals surface area contributed by atoms with E-state index in [9.17, 15) is 0 Å². The molecule has 1 heterocycles. The van der Waals surface area contributed by atoms with Gasteiger partial charge in [0.2, 0.25) is 0 Å². The molecule has 1 atom stereocenters. The van der Waals surface area contributed by atoms with Crippen LogP contribution in [0.15, 0.2) is 0 Å². The molecular formula is C10H20N2OS. The van der Waals surface area contributed by atoms with Crippen LogP contribution in [0.4, 0.5) is 0 Å². The summed E-state index contributed by atoms with van der Waals surface area (Å²) in [4.78, 5) is 2.97. The molecule has 14 heavy (non-hydrogen) atoms. The van der Waals surface area contributed by atoms with Crippen molar-refractivity contribution in [2.75, 3.05) is 26.3 Å². The first-order valence-corrected chi connectivity index (χ1v) is 5.77. The highest BCUT2D eigenvalue weighted by Crippen LogP contribution is 2.16. The first kappa shape index (κ1) is 11.9. The second-order valence-electron chi connectivity index (χ2n) is 3.71. The van der Waals surface area contributed by atoms with Gasteiger partial charge in [0.25, 0.3) is 0 Å². The van der Waals surface area contributed by atoms with Crippen molar-refractivity contribution >= 4 is 17.2 Å². The van der Waals surface area contributed by atoms with E-state index in [-0.39, 0.29) is 0 Å². The molecule has 0 spiro atoms. The van der Waals surface area contributed by atoms with Gasteiger partial charge in [0, 0.05) is 13.2 Å². The summed E-state index contributed by atoms with van der Waals surface area (Å²) in [5.41, 5.74) is 5.67. The first-order valence-electron chi connectivity index (χ1n) is 5.36. The SMILES string of the molecule is CCCOCCN1CCCC1C(N)=S. The van der Waals surface area contributed by atoms with E-state index in [2.05, 4.69) is 11.8 Å². The highest BCUT2D eigenvalue weighted by atomic mass is 32.1. The van der Waals surface area contributed by atoms with Crippen molar-refractivity contribution in [3.63, 3.8) is 0 Å². The van der Waals surface area contributed by atoms with Crippen LogP contribution >= 0.6 is 12.2 Å². The second-order valence-corrected chi connectivity index (χ2v) is 4.18. The molecule has 1 rings (SSSR count). The number of hydrogen-bond donors (Lipinski definition) is 1. The summed E-state index contributed by atoms with van der Waals surface area (Å²) in [6.07, 6.45) is 3.40. The van der Waals surface area contributed by atoms with Crippen LogP contribution in [0.25, 0.3) is 0 Å². The van der Waals surface area contributed by atoms with Crippen LogP contribution in [0, 0.1) is 0 Å². The average Bonchev–Trinajstić information content (AvgIpc) is 2.60. The van der Waals surface area contributed by atoms with E-state index in [1.54, 1.807) is 0 Å². The van der Waals surface area contributed by atoms with Gasteiger partial charge in [0.05, 0.1) is 17.6 Å². The van der Waals surface area contributed by atoms with Crippen molar-refractivity contribution in [3.8, 4) is 0 Å². The van der Waals surface area contributed by atoms with E-state index in [1.165, 1.54) is 6.42 Å². The molecule has 1 aliphatic rings. The lowest BCUT2D eigenvalue weighted by atomic mass is 10.2. The summed E-state index contributed by atoms with van der Waals surface area (Å²) in [5, 5.41) is 0. The Morgan fingerprint density at radius 1 is 1.57 bits per heavy atom. The minimum atomic E-state index is 0.315. The van der Waals surface area contributed by atoms with Crippen LogP contribution in [0.3, 0.4) is 0 Å². The lowest BCUT2D eigenvalue weighted by molar-refractivity contribution is 0.107. The van der Waals surface area contributed by atoms with Gasteiger partial charge >= 0.3 is 0 Å². The van der Waals surface area contributed by atoms with Gasteiger partial charge in [-0.2, -0.15) is 0 Å². The molecule has 2 N–H and O–H groups in total. The zero-order valence-corrected chi connectivity index (χ0v) is 9.68. The number of nitrogens with two attached hydrogens (primary N) is 1. The number of ether oxygens (including phenoxy) is 1. The summed E-state index contributed by atoms with van der Waals surface area (Å²) < 4.78 is 5.45. The van der Waals surface area contributed by atoms with Crippen LogP contribution in [-0.4, -0.2) is 42.2 Å². The fraction of sp³-hybridized carbons (Fsp3) is 0.900. The average molecular weight is 216 g/mol. The zero-order valence-electron chi connectivity index (χ0n) is 8.87. The van der Waals surface area contributed by atoms with Gasteiger partial charge in [0.1, 0.15) is 0 Å². The molecule has 0 aromatic carbocycles. The zero-order chi connectivity index (χ0) is 10.4. The largest absolute Gasteiger partial charge is 0.392 e. The van der Waals surface area contributed by atoms with Gasteiger partial charge in [-0.25, -0.2) is 0 Å². The summed E-state index contributed by atoms with van der Waals surface area (Å²) in [6, 6.07) is 0.315. The predicted octanol–water partition coefficient (Wildman–Crippen LogP) is 1.16. The van der Waals surface area contributed by atoms with Crippen molar-refractivity contribution in [2.24, 2.45) is 5.73 Å². The van der Waals surface area contributed by atoms with E-state index in [4.69, 9.17) is 22.7 Å². The van der Waals surface area contributed by atoms with E-state index in [0.717, 1.165) is 39.1 Å². The maximum atomic E-state index is 5.67. The third-order valence-corrected chi connectivity index (χ3v) is 2.84. The van der Waals surface area contributed by atoms with E-state index in [0.29, 0.717) is 11.0 Å². The lowest BCUT2D eigenvalue weighted by Gasteiger charge is -2.22. The van der Waals surface area contributed by atoms with Gasteiger partial charge in [-0.05, 0) is 25.8 Å². The second kappa shape index (κ2) is 6.32.